The van der Waals surface area contributed by atoms with Gasteiger partial charge in [0.1, 0.15) is 12.4 Å². The van der Waals surface area contributed by atoms with Crippen LogP contribution in [0.15, 0.2) is 34.5 Å². The lowest BCUT2D eigenvalue weighted by Gasteiger charge is -2.06. The fourth-order valence-corrected chi connectivity index (χ4v) is 2.59. The number of hydrogen-bond donors (Lipinski definition) is 1. The molecule has 0 bridgehead atoms. The minimum atomic E-state index is -1.32. The number of nitrogens with one attached hydrogen (secondary N) is 1. The second kappa shape index (κ2) is 8.11. The zero-order valence-electron chi connectivity index (χ0n) is 12.1. The number of hydrogen-bond acceptors (Lipinski definition) is 9. The summed E-state index contributed by atoms with van der Waals surface area (Å²) in [7, 11) is 0. The highest BCUT2D eigenvalue weighted by Gasteiger charge is 2.30. The Morgan fingerprint density at radius 1 is 1.25 bits per heavy atom. The molecule has 0 radical (unpaired) electrons. The van der Waals surface area contributed by atoms with Crippen LogP contribution in [0.25, 0.3) is 0 Å². The predicted molar refractivity (Wildman–Crippen MR) is 81.1 cm³/mol. The van der Waals surface area contributed by atoms with Gasteiger partial charge in [0.15, 0.2) is 5.17 Å². The summed E-state index contributed by atoms with van der Waals surface area (Å²) in [6.45, 7) is -0.537. The zero-order valence-corrected chi connectivity index (χ0v) is 12.9. The van der Waals surface area contributed by atoms with Crippen molar-refractivity contribution in [3.63, 3.8) is 0 Å². The molecule has 24 heavy (non-hydrogen) atoms. The van der Waals surface area contributed by atoms with Gasteiger partial charge in [0.25, 0.3) is 0 Å². The van der Waals surface area contributed by atoms with Gasteiger partial charge in [0, 0.05) is 12.4 Å². The average molecular weight is 349 g/mol. The lowest BCUT2D eigenvalue weighted by atomic mass is 10.2. The van der Waals surface area contributed by atoms with Crippen LogP contribution in [-0.4, -0.2) is 41.1 Å². The van der Waals surface area contributed by atoms with Gasteiger partial charge in [0.2, 0.25) is 5.91 Å². The zero-order chi connectivity index (χ0) is 17.5. The quantitative estimate of drug-likeness (QED) is 0.438. The molecule has 126 valence electrons. The van der Waals surface area contributed by atoms with E-state index in [1.165, 1.54) is 6.21 Å². The number of amidine groups is 1. The van der Waals surface area contributed by atoms with Gasteiger partial charge in [-0.25, -0.2) is 0 Å². The lowest BCUT2D eigenvalue weighted by Crippen LogP contribution is -2.31. The maximum absolute atomic E-state index is 11.5. The summed E-state index contributed by atoms with van der Waals surface area (Å²) in [5, 5.41) is 30.2. The molecular formula is C14H11N3O6S-2. The Hall–Kier alpha value is -2.88. The Morgan fingerprint density at radius 3 is 2.58 bits per heavy atom. The third-order valence-electron chi connectivity index (χ3n) is 2.72. The molecule has 0 aromatic heterocycles. The van der Waals surface area contributed by atoms with Crippen LogP contribution in [0.5, 0.6) is 5.75 Å². The van der Waals surface area contributed by atoms with Gasteiger partial charge in [-0.1, -0.05) is 11.8 Å². The summed E-state index contributed by atoms with van der Waals surface area (Å²) in [6, 6.07) is 6.37. The van der Waals surface area contributed by atoms with Crippen LogP contribution in [-0.2, 0) is 14.4 Å². The van der Waals surface area contributed by atoms with Crippen LogP contribution in [0, 0.1) is 0 Å². The van der Waals surface area contributed by atoms with Crippen molar-refractivity contribution in [3.05, 3.63) is 29.8 Å². The molecule has 1 N–H and O–H groups in total. The first-order valence-electron chi connectivity index (χ1n) is 6.65. The molecule has 1 aliphatic rings. The number of carboxylic acid groups (broad SMARTS) is 2. The molecule has 9 nitrogen and oxygen atoms in total. The van der Waals surface area contributed by atoms with Crippen LogP contribution in [0.3, 0.4) is 0 Å². The van der Waals surface area contributed by atoms with Gasteiger partial charge in [-0.2, -0.15) is 5.10 Å². The molecule has 1 atom stereocenters. The fraction of sp³-hybridized carbons (Fsp3) is 0.214. The van der Waals surface area contributed by atoms with Crippen molar-refractivity contribution >= 4 is 41.0 Å². The normalized spacial score (nSPS) is 18.8. The van der Waals surface area contributed by atoms with E-state index in [-0.39, 0.29) is 5.17 Å². The van der Waals surface area contributed by atoms with Crippen LogP contribution in [0.2, 0.25) is 0 Å². The molecule has 10 heteroatoms. The van der Waals surface area contributed by atoms with Crippen molar-refractivity contribution in [2.24, 2.45) is 10.2 Å². The highest BCUT2D eigenvalue weighted by Crippen LogP contribution is 2.21. The molecule has 1 aromatic rings. The number of ether oxygens (including phenoxy) is 1. The fourth-order valence-electron chi connectivity index (χ4n) is 1.68. The van der Waals surface area contributed by atoms with Crippen molar-refractivity contribution in [1.29, 1.82) is 0 Å². The van der Waals surface area contributed by atoms with E-state index in [9.17, 15) is 24.6 Å². The number of carboxylic acids is 2. The Balaban J connectivity index is 1.90. The van der Waals surface area contributed by atoms with Gasteiger partial charge >= 0.3 is 0 Å². The van der Waals surface area contributed by atoms with Crippen molar-refractivity contribution < 1.29 is 29.3 Å². The third kappa shape index (κ3) is 5.39. The number of thioether (sulfide) groups is 1. The van der Waals surface area contributed by atoms with E-state index in [0.717, 1.165) is 11.8 Å². The molecule has 0 saturated carbocycles. The highest BCUT2D eigenvalue weighted by molar-refractivity contribution is 8.15. The van der Waals surface area contributed by atoms with Crippen molar-refractivity contribution in [2.45, 2.75) is 11.7 Å². The number of carbonyl (C=O) groups excluding carboxylic acids is 3. The smallest absolute Gasteiger partial charge is 0.239 e. The Morgan fingerprint density at radius 2 is 1.96 bits per heavy atom. The molecular weight excluding hydrogens is 338 g/mol. The third-order valence-corrected chi connectivity index (χ3v) is 3.79. The Bertz CT molecular complexity index is 701. The minimum Gasteiger partial charge on any atom is -0.550 e. The second-order valence-corrected chi connectivity index (χ2v) is 5.74. The first-order valence-corrected chi connectivity index (χ1v) is 7.53. The van der Waals surface area contributed by atoms with Crippen LogP contribution in [0.1, 0.15) is 12.0 Å². The number of aliphatic carboxylic acids is 2. The van der Waals surface area contributed by atoms with Crippen LogP contribution >= 0.6 is 11.8 Å². The first kappa shape index (κ1) is 17.5. The molecule has 1 aromatic carbocycles. The standard InChI is InChI=1S/C14H13N3O6S/c18-11(19)5-10-13(22)16-14(24-10)17-15-6-8-1-3-9(4-2-8)23-7-12(20)21/h1-4,6,10H,5,7H2,(H,18,19)(H,20,21)(H,16,17,22)/p-2/b15-6-/t10-/m1/s1. The largest absolute Gasteiger partial charge is 0.550 e. The van der Waals surface area contributed by atoms with Crippen molar-refractivity contribution in [2.75, 3.05) is 6.61 Å². The number of amides is 1. The number of benzene rings is 1. The van der Waals surface area contributed by atoms with E-state index in [2.05, 4.69) is 15.5 Å². The summed E-state index contributed by atoms with van der Waals surface area (Å²) < 4.78 is 4.93. The van der Waals surface area contributed by atoms with E-state index in [4.69, 9.17) is 4.74 Å². The van der Waals surface area contributed by atoms with Crippen LogP contribution in [0.4, 0.5) is 0 Å². The van der Waals surface area contributed by atoms with Gasteiger partial charge < -0.3 is 29.9 Å². The summed E-state index contributed by atoms with van der Waals surface area (Å²) >= 11 is 0.967. The molecule has 1 fully saturated rings. The molecule has 2 rings (SSSR count). The van der Waals surface area contributed by atoms with E-state index in [0.29, 0.717) is 11.3 Å². The summed E-state index contributed by atoms with van der Waals surface area (Å²) in [5.41, 5.74) is 0.667. The molecule has 0 unspecified atom stereocenters. The van der Waals surface area contributed by atoms with Crippen molar-refractivity contribution in [3.8, 4) is 5.75 Å². The van der Waals surface area contributed by atoms with Gasteiger partial charge in [0.05, 0.1) is 17.4 Å². The molecule has 0 aliphatic carbocycles. The Labute approximate surface area is 140 Å². The van der Waals surface area contributed by atoms with E-state index in [1.807, 2.05) is 0 Å². The van der Waals surface area contributed by atoms with Crippen molar-refractivity contribution in [1.82, 2.24) is 5.32 Å². The molecule has 0 spiro atoms. The summed E-state index contributed by atoms with van der Waals surface area (Å²) in [6.07, 6.45) is 1.01. The second-order valence-electron chi connectivity index (χ2n) is 4.55. The van der Waals surface area contributed by atoms with Gasteiger partial charge in [-0.05, 0) is 29.8 Å². The molecule has 1 amide bonds. The highest BCUT2D eigenvalue weighted by atomic mass is 32.2. The topological polar surface area (TPSA) is 143 Å². The van der Waals surface area contributed by atoms with E-state index < -0.39 is 36.1 Å². The van der Waals surface area contributed by atoms with Gasteiger partial charge in [-0.3, -0.25) is 4.79 Å². The lowest BCUT2D eigenvalue weighted by molar-refractivity contribution is -0.308. The Kier molecular flexibility index (Phi) is 5.90. The maximum Gasteiger partial charge on any atom is 0.239 e. The average Bonchev–Trinajstić information content (AvgIpc) is 2.85. The SMILES string of the molecule is O=C([O-])COc1ccc(/C=N\N=C2\NC(=O)[C@@H](CC(=O)[O-])S2)cc1. The first-order chi connectivity index (χ1) is 11.4. The number of rotatable bonds is 7. The molecule has 1 heterocycles. The van der Waals surface area contributed by atoms with E-state index >= 15 is 0 Å². The minimum absolute atomic E-state index is 0.205. The summed E-state index contributed by atoms with van der Waals surface area (Å²) in [5.74, 6) is -2.71. The van der Waals surface area contributed by atoms with Gasteiger partial charge in [-0.15, -0.1) is 5.10 Å². The number of carbonyl (C=O) groups is 3. The maximum atomic E-state index is 11.5. The summed E-state index contributed by atoms with van der Waals surface area (Å²) in [4.78, 5) is 32.3. The predicted octanol–water partition coefficient (Wildman–Crippen LogP) is -2.12. The molecule has 1 saturated heterocycles. The molecule has 1 aliphatic heterocycles. The number of nitrogens with zero attached hydrogens (tertiary/aromatic N) is 2. The van der Waals surface area contributed by atoms with Crippen LogP contribution < -0.4 is 20.3 Å². The monoisotopic (exact) mass is 349 g/mol. The van der Waals surface area contributed by atoms with E-state index in [1.54, 1.807) is 24.3 Å².